The van der Waals surface area contributed by atoms with Gasteiger partial charge >= 0.3 is 0 Å². The number of anilines is 1. The Hall–Kier alpha value is -3.15. The number of benzene rings is 3. The molecule has 1 aromatic heterocycles. The highest BCUT2D eigenvalue weighted by atomic mass is 32.2. The van der Waals surface area contributed by atoms with E-state index >= 15 is 0 Å². The Balaban J connectivity index is 1.52. The van der Waals surface area contributed by atoms with Gasteiger partial charge in [0.25, 0.3) is 5.91 Å². The maximum absolute atomic E-state index is 13.2. The number of rotatable bonds is 4. The van der Waals surface area contributed by atoms with Gasteiger partial charge in [0, 0.05) is 29.2 Å². The molecule has 3 nitrogen and oxygen atoms in total. The van der Waals surface area contributed by atoms with Crippen molar-refractivity contribution in [2.45, 2.75) is 20.4 Å². The highest BCUT2D eigenvalue weighted by Crippen LogP contribution is 2.37. The second-order valence-corrected chi connectivity index (χ2v) is 9.75. The molecule has 3 aromatic carbocycles. The first kappa shape index (κ1) is 20.7. The van der Waals surface area contributed by atoms with E-state index in [1.165, 1.54) is 22.9 Å². The van der Waals surface area contributed by atoms with Gasteiger partial charge in [-0.2, -0.15) is 0 Å². The summed E-state index contributed by atoms with van der Waals surface area (Å²) in [7, 11) is 0. The van der Waals surface area contributed by atoms with E-state index in [1.807, 2.05) is 43.3 Å². The predicted octanol–water partition coefficient (Wildman–Crippen LogP) is 6.71. The molecule has 0 N–H and O–H groups in total. The fourth-order valence-corrected chi connectivity index (χ4v) is 5.30. The Bertz CT molecular complexity index is 1380. The lowest BCUT2D eigenvalue weighted by molar-refractivity contribution is -0.113. The fraction of sp³-hybridized carbons (Fsp3) is 0.111. The van der Waals surface area contributed by atoms with Gasteiger partial charge in [-0.1, -0.05) is 84.1 Å². The van der Waals surface area contributed by atoms with Crippen LogP contribution in [-0.4, -0.2) is 14.8 Å². The average molecular weight is 455 g/mol. The van der Waals surface area contributed by atoms with Crippen LogP contribution in [0.3, 0.4) is 0 Å². The standard InChI is InChI=1S/C27H22N2OS2/c1-18-10-12-20(13-11-18)16-28-17-21(23-8-3-4-9-24(23)28)15-25-26(30)29(27(31)32-25)22-7-5-6-19(2)14-22/h3-15,17H,16H2,1-2H3/b25-15+. The van der Waals surface area contributed by atoms with Crippen molar-refractivity contribution in [3.05, 3.63) is 106 Å². The summed E-state index contributed by atoms with van der Waals surface area (Å²) in [6, 6.07) is 24.8. The highest BCUT2D eigenvalue weighted by molar-refractivity contribution is 8.27. The first-order valence-corrected chi connectivity index (χ1v) is 11.7. The summed E-state index contributed by atoms with van der Waals surface area (Å²) in [6.45, 7) is 4.89. The van der Waals surface area contributed by atoms with E-state index in [9.17, 15) is 4.79 Å². The number of hydrogen-bond acceptors (Lipinski definition) is 3. The van der Waals surface area contributed by atoms with Crippen LogP contribution in [-0.2, 0) is 11.3 Å². The topological polar surface area (TPSA) is 25.2 Å². The Morgan fingerprint density at radius 1 is 0.938 bits per heavy atom. The van der Waals surface area contributed by atoms with Gasteiger partial charge < -0.3 is 4.57 Å². The SMILES string of the molecule is Cc1ccc(Cn2cc(/C=C3/SC(=S)N(c4cccc(C)c4)C3=O)c3ccccc32)cc1. The predicted molar refractivity (Wildman–Crippen MR) is 139 cm³/mol. The molecule has 4 aromatic rings. The summed E-state index contributed by atoms with van der Waals surface area (Å²) in [5, 5.41) is 1.13. The molecule has 0 aliphatic carbocycles. The molecule has 1 amide bonds. The number of para-hydroxylation sites is 1. The van der Waals surface area contributed by atoms with Gasteiger partial charge in [-0.25, -0.2) is 0 Å². The van der Waals surface area contributed by atoms with Gasteiger partial charge in [-0.3, -0.25) is 9.69 Å². The van der Waals surface area contributed by atoms with Gasteiger partial charge in [-0.05, 0) is 49.2 Å². The van der Waals surface area contributed by atoms with Gasteiger partial charge in [-0.15, -0.1) is 0 Å². The molecule has 1 saturated heterocycles. The Labute approximate surface area is 197 Å². The molecule has 0 atom stereocenters. The number of nitrogens with zero attached hydrogens (tertiary/aromatic N) is 2. The normalized spacial score (nSPS) is 15.3. The van der Waals surface area contributed by atoms with E-state index in [1.54, 1.807) is 4.90 Å². The summed E-state index contributed by atoms with van der Waals surface area (Å²) in [5.74, 6) is -0.0686. The maximum Gasteiger partial charge on any atom is 0.270 e. The molecular formula is C27H22N2OS2. The zero-order valence-corrected chi connectivity index (χ0v) is 19.5. The van der Waals surface area contributed by atoms with Crippen molar-refractivity contribution in [2.24, 2.45) is 0 Å². The molecule has 5 heteroatoms. The lowest BCUT2D eigenvalue weighted by atomic mass is 10.1. The Morgan fingerprint density at radius 2 is 1.72 bits per heavy atom. The first-order valence-electron chi connectivity index (χ1n) is 10.5. The fourth-order valence-electron chi connectivity index (χ4n) is 4.01. The second-order valence-electron chi connectivity index (χ2n) is 8.07. The molecule has 1 aliphatic rings. The third-order valence-electron chi connectivity index (χ3n) is 5.63. The van der Waals surface area contributed by atoms with Gasteiger partial charge in [0.15, 0.2) is 4.32 Å². The molecule has 0 bridgehead atoms. The summed E-state index contributed by atoms with van der Waals surface area (Å²) in [6.07, 6.45) is 4.10. The van der Waals surface area contributed by atoms with Crippen molar-refractivity contribution < 1.29 is 4.79 Å². The van der Waals surface area contributed by atoms with Crippen LogP contribution in [0.2, 0.25) is 0 Å². The quantitative estimate of drug-likeness (QED) is 0.253. The van der Waals surface area contributed by atoms with Crippen LogP contribution in [0.5, 0.6) is 0 Å². The van der Waals surface area contributed by atoms with Crippen molar-refractivity contribution >= 4 is 56.9 Å². The number of carbonyl (C=O) groups excluding carboxylic acids is 1. The van der Waals surface area contributed by atoms with Crippen LogP contribution in [0.25, 0.3) is 17.0 Å². The van der Waals surface area contributed by atoms with E-state index in [2.05, 4.69) is 60.2 Å². The number of thioether (sulfide) groups is 1. The third kappa shape index (κ3) is 3.90. The molecule has 0 spiro atoms. The molecular weight excluding hydrogens is 432 g/mol. The van der Waals surface area contributed by atoms with Crippen molar-refractivity contribution in [1.82, 2.24) is 4.57 Å². The summed E-state index contributed by atoms with van der Waals surface area (Å²) in [4.78, 5) is 15.5. The van der Waals surface area contributed by atoms with Crippen LogP contribution in [0.1, 0.15) is 22.3 Å². The van der Waals surface area contributed by atoms with Crippen LogP contribution in [0.15, 0.2) is 83.9 Å². The summed E-state index contributed by atoms with van der Waals surface area (Å²) in [5.41, 5.74) is 6.58. The number of carbonyl (C=O) groups is 1. The Morgan fingerprint density at radius 3 is 2.50 bits per heavy atom. The molecule has 0 radical (unpaired) electrons. The molecule has 2 heterocycles. The number of amides is 1. The number of hydrogen-bond donors (Lipinski definition) is 0. The van der Waals surface area contributed by atoms with Crippen LogP contribution in [0.4, 0.5) is 5.69 Å². The third-order valence-corrected chi connectivity index (χ3v) is 6.94. The first-order chi connectivity index (χ1) is 15.5. The van der Waals surface area contributed by atoms with E-state index in [4.69, 9.17) is 12.2 Å². The number of fused-ring (bicyclic) bond motifs is 1. The molecule has 1 fully saturated rings. The molecule has 0 saturated carbocycles. The zero-order chi connectivity index (χ0) is 22.2. The maximum atomic E-state index is 13.2. The lowest BCUT2D eigenvalue weighted by Crippen LogP contribution is -2.27. The van der Waals surface area contributed by atoms with Crippen molar-refractivity contribution in [2.75, 3.05) is 4.90 Å². The summed E-state index contributed by atoms with van der Waals surface area (Å²) >= 11 is 6.92. The minimum absolute atomic E-state index is 0.0686. The minimum Gasteiger partial charge on any atom is -0.342 e. The van der Waals surface area contributed by atoms with Crippen molar-refractivity contribution in [3.8, 4) is 0 Å². The molecule has 0 unspecified atom stereocenters. The van der Waals surface area contributed by atoms with E-state index in [0.29, 0.717) is 9.23 Å². The van der Waals surface area contributed by atoms with Gasteiger partial charge in [0.1, 0.15) is 0 Å². The monoisotopic (exact) mass is 454 g/mol. The van der Waals surface area contributed by atoms with E-state index < -0.39 is 0 Å². The van der Waals surface area contributed by atoms with E-state index in [0.717, 1.165) is 34.3 Å². The number of aromatic nitrogens is 1. The number of thiocarbonyl (C=S) groups is 1. The van der Waals surface area contributed by atoms with Gasteiger partial charge in [0.05, 0.1) is 10.6 Å². The molecule has 5 rings (SSSR count). The van der Waals surface area contributed by atoms with Crippen LogP contribution >= 0.6 is 24.0 Å². The van der Waals surface area contributed by atoms with E-state index in [-0.39, 0.29) is 5.91 Å². The smallest absolute Gasteiger partial charge is 0.270 e. The largest absolute Gasteiger partial charge is 0.342 e. The highest BCUT2D eigenvalue weighted by Gasteiger charge is 2.33. The molecule has 158 valence electrons. The number of aryl methyl sites for hydroxylation is 2. The molecule has 32 heavy (non-hydrogen) atoms. The zero-order valence-electron chi connectivity index (χ0n) is 17.9. The Kier molecular flexibility index (Phi) is 5.45. The molecule has 1 aliphatic heterocycles. The van der Waals surface area contributed by atoms with Crippen LogP contribution < -0.4 is 4.90 Å². The minimum atomic E-state index is -0.0686. The van der Waals surface area contributed by atoms with Crippen molar-refractivity contribution in [1.29, 1.82) is 0 Å². The van der Waals surface area contributed by atoms with Crippen LogP contribution in [0, 0.1) is 13.8 Å². The summed E-state index contributed by atoms with van der Waals surface area (Å²) < 4.78 is 2.81. The van der Waals surface area contributed by atoms with Gasteiger partial charge in [0.2, 0.25) is 0 Å². The second kappa shape index (κ2) is 8.41. The average Bonchev–Trinajstić information content (AvgIpc) is 3.26. The van der Waals surface area contributed by atoms with Crippen molar-refractivity contribution in [3.63, 3.8) is 0 Å². The lowest BCUT2D eigenvalue weighted by Gasteiger charge is -2.14.